The van der Waals surface area contributed by atoms with Crippen LogP contribution in [0.2, 0.25) is 0 Å². The molecule has 4 nitrogen and oxygen atoms in total. The molecule has 1 aromatic heterocycles. The van der Waals surface area contributed by atoms with Crippen molar-refractivity contribution in [2.24, 2.45) is 0 Å². The van der Waals surface area contributed by atoms with Crippen molar-refractivity contribution in [2.75, 3.05) is 20.3 Å². The molecule has 0 fully saturated rings. The van der Waals surface area contributed by atoms with E-state index < -0.39 is 0 Å². The minimum atomic E-state index is -0.0508. The first-order valence-electron chi connectivity index (χ1n) is 6.30. The summed E-state index contributed by atoms with van der Waals surface area (Å²) < 4.78 is 5.07. The van der Waals surface area contributed by atoms with Crippen LogP contribution >= 0.6 is 0 Å². The molecular weight excluding hydrogens is 228 g/mol. The average molecular weight is 252 g/mol. The predicted molar refractivity (Wildman–Crippen MR) is 72.7 cm³/mol. The van der Waals surface area contributed by atoms with E-state index in [0.717, 1.165) is 11.4 Å². The number of rotatable bonds is 6. The lowest BCUT2D eigenvalue weighted by molar-refractivity contribution is 0.123. The molecule has 1 heterocycles. The van der Waals surface area contributed by atoms with Gasteiger partial charge in [0.1, 0.15) is 0 Å². The van der Waals surface area contributed by atoms with Gasteiger partial charge in [0.05, 0.1) is 19.3 Å². The summed E-state index contributed by atoms with van der Waals surface area (Å²) in [5, 5.41) is 12.6. The molecule has 0 saturated carbocycles. The molecule has 0 spiro atoms. The number of ether oxygens (including phenoxy) is 1. The molecule has 0 saturated heterocycles. The third kappa shape index (κ3) is 3.77. The number of hydrogen-bond acceptors (Lipinski definition) is 4. The molecule has 0 radical (unpaired) electrons. The lowest BCUT2D eigenvalue weighted by Crippen LogP contribution is -2.38. The van der Waals surface area contributed by atoms with Crippen molar-refractivity contribution in [1.82, 2.24) is 10.3 Å². The van der Waals surface area contributed by atoms with Crippen molar-refractivity contribution >= 4 is 0 Å². The molecule has 1 rings (SSSR count). The van der Waals surface area contributed by atoms with E-state index in [-0.39, 0.29) is 18.7 Å². The third-order valence-electron chi connectivity index (χ3n) is 3.09. The Hall–Kier alpha value is -0.970. The van der Waals surface area contributed by atoms with E-state index in [0.29, 0.717) is 6.61 Å². The molecule has 2 N–H and O–H groups in total. The van der Waals surface area contributed by atoms with Gasteiger partial charge in [-0.15, -0.1) is 0 Å². The van der Waals surface area contributed by atoms with Crippen LogP contribution in [0.15, 0.2) is 6.07 Å². The highest BCUT2D eigenvalue weighted by atomic mass is 16.5. The number of nitrogens with one attached hydrogen (secondary N) is 1. The molecule has 0 aliphatic heterocycles. The fourth-order valence-electron chi connectivity index (χ4n) is 2.48. The largest absolute Gasteiger partial charge is 0.395 e. The number of aryl methyl sites for hydroxylation is 3. The van der Waals surface area contributed by atoms with Gasteiger partial charge in [-0.05, 0) is 44.9 Å². The molecule has 4 heteroatoms. The zero-order chi connectivity index (χ0) is 13.7. The lowest BCUT2D eigenvalue weighted by atomic mass is 10.00. The number of aliphatic hydroxyl groups is 1. The van der Waals surface area contributed by atoms with E-state index in [9.17, 15) is 5.11 Å². The first-order valence-corrected chi connectivity index (χ1v) is 6.30. The van der Waals surface area contributed by atoms with Crippen LogP contribution < -0.4 is 5.32 Å². The van der Waals surface area contributed by atoms with Gasteiger partial charge < -0.3 is 15.2 Å². The van der Waals surface area contributed by atoms with E-state index in [1.165, 1.54) is 11.1 Å². The maximum atomic E-state index is 9.28. The molecule has 102 valence electrons. The Balaban J connectivity index is 2.86. The summed E-state index contributed by atoms with van der Waals surface area (Å²) in [6.45, 7) is 8.78. The molecule has 0 amide bonds. The molecule has 0 aliphatic carbocycles. The Morgan fingerprint density at radius 2 is 2.06 bits per heavy atom. The summed E-state index contributed by atoms with van der Waals surface area (Å²) in [7, 11) is 1.64. The van der Waals surface area contributed by atoms with Crippen LogP contribution in [0.5, 0.6) is 0 Å². The summed E-state index contributed by atoms with van der Waals surface area (Å²) in [6, 6.07) is 2.18. The number of nitrogens with zero attached hydrogens (tertiary/aromatic N) is 1. The van der Waals surface area contributed by atoms with Gasteiger partial charge in [-0.3, -0.25) is 4.98 Å². The number of hydrogen-bond donors (Lipinski definition) is 2. The van der Waals surface area contributed by atoms with Gasteiger partial charge in [-0.2, -0.15) is 0 Å². The smallest absolute Gasteiger partial charge is 0.0638 e. The van der Waals surface area contributed by atoms with Gasteiger partial charge in [-0.1, -0.05) is 0 Å². The SMILES string of the molecule is COCC(CO)NC(C)c1c(C)cc(C)nc1C. The van der Waals surface area contributed by atoms with Crippen molar-refractivity contribution < 1.29 is 9.84 Å². The zero-order valence-electron chi connectivity index (χ0n) is 11.9. The standard InChI is InChI=1S/C14H24N2O2/c1-9-6-10(2)15-11(3)14(9)12(4)16-13(7-17)8-18-5/h6,12-13,16-17H,7-8H2,1-5H3. The van der Waals surface area contributed by atoms with Gasteiger partial charge in [0.2, 0.25) is 0 Å². The van der Waals surface area contributed by atoms with Gasteiger partial charge in [0.15, 0.2) is 0 Å². The molecule has 0 aromatic carbocycles. The van der Waals surface area contributed by atoms with E-state index in [1.54, 1.807) is 7.11 Å². The minimum absolute atomic E-state index is 0.0508. The second-order valence-corrected chi connectivity index (χ2v) is 4.80. The number of pyridine rings is 1. The number of methoxy groups -OCH3 is 1. The molecule has 0 aliphatic rings. The highest BCUT2D eigenvalue weighted by Gasteiger charge is 2.16. The maximum Gasteiger partial charge on any atom is 0.0638 e. The average Bonchev–Trinajstić information content (AvgIpc) is 2.26. The van der Waals surface area contributed by atoms with Crippen molar-refractivity contribution in [3.8, 4) is 0 Å². The summed E-state index contributed by atoms with van der Waals surface area (Å²) >= 11 is 0. The first kappa shape index (κ1) is 15.1. The molecule has 0 bridgehead atoms. The quantitative estimate of drug-likeness (QED) is 0.808. The molecule has 1 aromatic rings. The van der Waals surface area contributed by atoms with Gasteiger partial charge in [0.25, 0.3) is 0 Å². The first-order chi connectivity index (χ1) is 8.49. The second-order valence-electron chi connectivity index (χ2n) is 4.80. The molecule has 2 unspecified atom stereocenters. The van der Waals surface area contributed by atoms with Crippen LogP contribution in [-0.4, -0.2) is 36.5 Å². The van der Waals surface area contributed by atoms with Crippen molar-refractivity contribution in [3.05, 3.63) is 28.6 Å². The third-order valence-corrected chi connectivity index (χ3v) is 3.09. The van der Waals surface area contributed by atoms with Crippen LogP contribution in [0.3, 0.4) is 0 Å². The number of aliphatic hydroxyl groups excluding tert-OH is 1. The van der Waals surface area contributed by atoms with E-state index in [2.05, 4.69) is 30.2 Å². The van der Waals surface area contributed by atoms with Crippen LogP contribution in [0.25, 0.3) is 0 Å². The zero-order valence-corrected chi connectivity index (χ0v) is 11.9. The number of aromatic nitrogens is 1. The summed E-state index contributed by atoms with van der Waals surface area (Å²) in [5.41, 5.74) is 4.52. The highest BCUT2D eigenvalue weighted by molar-refractivity contribution is 5.33. The summed E-state index contributed by atoms with van der Waals surface area (Å²) in [6.07, 6.45) is 0. The van der Waals surface area contributed by atoms with Crippen molar-refractivity contribution in [3.63, 3.8) is 0 Å². The van der Waals surface area contributed by atoms with Crippen LogP contribution in [0, 0.1) is 20.8 Å². The monoisotopic (exact) mass is 252 g/mol. The Kier molecular flexibility index (Phi) is 5.72. The fraction of sp³-hybridized carbons (Fsp3) is 0.643. The van der Waals surface area contributed by atoms with E-state index in [1.807, 2.05) is 13.8 Å². The maximum absolute atomic E-state index is 9.28. The van der Waals surface area contributed by atoms with Gasteiger partial charge in [-0.25, -0.2) is 0 Å². The second kappa shape index (κ2) is 6.83. The Labute approximate surface area is 109 Å². The topological polar surface area (TPSA) is 54.4 Å². The van der Waals surface area contributed by atoms with Crippen LogP contribution in [-0.2, 0) is 4.74 Å². The predicted octanol–water partition coefficient (Wildman–Crippen LogP) is 1.66. The minimum Gasteiger partial charge on any atom is -0.395 e. The Morgan fingerprint density at radius 3 is 2.56 bits per heavy atom. The van der Waals surface area contributed by atoms with Crippen molar-refractivity contribution in [2.45, 2.75) is 39.8 Å². The van der Waals surface area contributed by atoms with Crippen LogP contribution in [0.4, 0.5) is 0 Å². The van der Waals surface area contributed by atoms with E-state index >= 15 is 0 Å². The Morgan fingerprint density at radius 1 is 1.39 bits per heavy atom. The summed E-state index contributed by atoms with van der Waals surface area (Å²) in [4.78, 5) is 4.50. The molecular formula is C14H24N2O2. The highest BCUT2D eigenvalue weighted by Crippen LogP contribution is 2.21. The Bertz CT molecular complexity index is 370. The van der Waals surface area contributed by atoms with E-state index in [4.69, 9.17) is 4.74 Å². The van der Waals surface area contributed by atoms with Gasteiger partial charge >= 0.3 is 0 Å². The molecule has 18 heavy (non-hydrogen) atoms. The lowest BCUT2D eigenvalue weighted by Gasteiger charge is -2.24. The van der Waals surface area contributed by atoms with Crippen molar-refractivity contribution in [1.29, 1.82) is 0 Å². The van der Waals surface area contributed by atoms with Gasteiger partial charge in [0, 0.05) is 24.5 Å². The normalized spacial score (nSPS) is 14.6. The van der Waals surface area contributed by atoms with Crippen LogP contribution in [0.1, 0.15) is 35.5 Å². The summed E-state index contributed by atoms with van der Waals surface area (Å²) in [5.74, 6) is 0. The molecule has 2 atom stereocenters. The fourth-order valence-corrected chi connectivity index (χ4v) is 2.48.